The summed E-state index contributed by atoms with van der Waals surface area (Å²) in [5, 5.41) is 11.6. The topological polar surface area (TPSA) is 52.9 Å². The molecule has 1 amide bonds. The van der Waals surface area contributed by atoms with Crippen LogP contribution in [0.2, 0.25) is 0 Å². The van der Waals surface area contributed by atoms with Crippen LogP contribution in [0.1, 0.15) is 19.3 Å². The first-order valence-electron chi connectivity index (χ1n) is 3.99. The molecule has 2 aliphatic rings. The molecule has 1 atom stereocenters. The highest BCUT2D eigenvalue weighted by Gasteiger charge is 2.53. The van der Waals surface area contributed by atoms with Gasteiger partial charge in [-0.3, -0.25) is 4.79 Å². The van der Waals surface area contributed by atoms with Crippen molar-refractivity contribution in [2.45, 2.75) is 19.3 Å². The van der Waals surface area contributed by atoms with Gasteiger partial charge in [-0.15, -0.1) is 24.8 Å². The molecule has 1 unspecified atom stereocenters. The van der Waals surface area contributed by atoms with Crippen molar-refractivity contribution in [3.63, 3.8) is 0 Å². The van der Waals surface area contributed by atoms with Crippen LogP contribution in [0.5, 0.6) is 0 Å². The van der Waals surface area contributed by atoms with Gasteiger partial charge in [0, 0.05) is 6.54 Å². The lowest BCUT2D eigenvalue weighted by molar-refractivity contribution is -0.125. The molecule has 0 bridgehead atoms. The van der Waals surface area contributed by atoms with Crippen LogP contribution >= 0.6 is 24.8 Å². The standard InChI is InChI=1S/C8H10N2O.2ClH/c9-5-8(6-1-2-6)3-4-10-7(8)11;;/h6H,1-4H2,(H,10,11);2*1H. The van der Waals surface area contributed by atoms with E-state index in [0.29, 0.717) is 18.9 Å². The van der Waals surface area contributed by atoms with Gasteiger partial charge in [0.2, 0.25) is 5.91 Å². The van der Waals surface area contributed by atoms with Crippen molar-refractivity contribution in [2.75, 3.05) is 6.54 Å². The van der Waals surface area contributed by atoms with E-state index in [1.807, 2.05) is 0 Å². The highest BCUT2D eigenvalue weighted by Crippen LogP contribution is 2.49. The molecular weight excluding hydrogens is 211 g/mol. The van der Waals surface area contributed by atoms with Crippen LogP contribution in [0, 0.1) is 22.7 Å². The molecule has 0 aromatic carbocycles. The lowest BCUT2D eigenvalue weighted by Gasteiger charge is -2.14. The van der Waals surface area contributed by atoms with Crippen molar-refractivity contribution in [3.8, 4) is 6.07 Å². The average molecular weight is 223 g/mol. The minimum Gasteiger partial charge on any atom is -0.355 e. The van der Waals surface area contributed by atoms with E-state index < -0.39 is 5.41 Å². The summed E-state index contributed by atoms with van der Waals surface area (Å²) in [6.45, 7) is 0.683. The van der Waals surface area contributed by atoms with Gasteiger partial charge in [0.05, 0.1) is 6.07 Å². The molecule has 0 aromatic rings. The minimum absolute atomic E-state index is 0. The molecule has 74 valence electrons. The maximum atomic E-state index is 11.3. The molecule has 1 aliphatic heterocycles. The summed E-state index contributed by atoms with van der Waals surface area (Å²) < 4.78 is 0. The Bertz CT molecular complexity index is 247. The smallest absolute Gasteiger partial charge is 0.240 e. The SMILES string of the molecule is Cl.Cl.N#CC1(C2CC2)CCNC1=O. The van der Waals surface area contributed by atoms with Crippen molar-refractivity contribution < 1.29 is 4.79 Å². The number of amides is 1. The van der Waals surface area contributed by atoms with Crippen molar-refractivity contribution >= 4 is 30.7 Å². The summed E-state index contributed by atoms with van der Waals surface area (Å²) in [5.74, 6) is 0.317. The van der Waals surface area contributed by atoms with E-state index in [2.05, 4.69) is 11.4 Å². The van der Waals surface area contributed by atoms with E-state index in [0.717, 1.165) is 12.8 Å². The predicted molar refractivity (Wildman–Crippen MR) is 52.9 cm³/mol. The Kier molecular flexibility index (Phi) is 4.02. The Morgan fingerprint density at radius 3 is 2.38 bits per heavy atom. The van der Waals surface area contributed by atoms with E-state index in [4.69, 9.17) is 5.26 Å². The van der Waals surface area contributed by atoms with Gasteiger partial charge >= 0.3 is 0 Å². The Morgan fingerprint density at radius 2 is 2.08 bits per heavy atom. The van der Waals surface area contributed by atoms with E-state index in [9.17, 15) is 4.79 Å². The van der Waals surface area contributed by atoms with Gasteiger partial charge in [-0.05, 0) is 25.2 Å². The molecule has 1 saturated carbocycles. The maximum Gasteiger partial charge on any atom is 0.240 e. The van der Waals surface area contributed by atoms with Crippen LogP contribution < -0.4 is 5.32 Å². The third-order valence-corrected chi connectivity index (χ3v) is 2.68. The fourth-order valence-electron chi connectivity index (χ4n) is 1.81. The first-order chi connectivity index (χ1) is 5.29. The van der Waals surface area contributed by atoms with Crippen molar-refractivity contribution in [1.82, 2.24) is 5.32 Å². The largest absolute Gasteiger partial charge is 0.355 e. The molecular formula is C8H12Cl2N2O. The van der Waals surface area contributed by atoms with E-state index in [1.54, 1.807) is 0 Å². The third-order valence-electron chi connectivity index (χ3n) is 2.68. The number of rotatable bonds is 1. The van der Waals surface area contributed by atoms with Gasteiger partial charge in [-0.1, -0.05) is 0 Å². The molecule has 1 saturated heterocycles. The molecule has 3 nitrogen and oxygen atoms in total. The van der Waals surface area contributed by atoms with Crippen LogP contribution in [0.3, 0.4) is 0 Å². The number of nitrogens with one attached hydrogen (secondary N) is 1. The monoisotopic (exact) mass is 222 g/mol. The number of halogens is 2. The van der Waals surface area contributed by atoms with Gasteiger partial charge in [0.1, 0.15) is 5.41 Å². The maximum absolute atomic E-state index is 11.3. The zero-order valence-electron chi connectivity index (χ0n) is 7.08. The minimum atomic E-state index is -0.639. The second-order valence-electron chi connectivity index (χ2n) is 3.36. The number of nitriles is 1. The van der Waals surface area contributed by atoms with Crippen LogP contribution in [0.15, 0.2) is 0 Å². The molecule has 1 N–H and O–H groups in total. The normalized spacial score (nSPS) is 30.8. The molecule has 13 heavy (non-hydrogen) atoms. The Labute approximate surface area is 89.7 Å². The molecule has 0 radical (unpaired) electrons. The summed E-state index contributed by atoms with van der Waals surface area (Å²) in [6.07, 6.45) is 2.83. The fourth-order valence-corrected chi connectivity index (χ4v) is 1.81. The zero-order chi connectivity index (χ0) is 7.90. The third kappa shape index (κ3) is 1.74. The lowest BCUT2D eigenvalue weighted by atomic mass is 9.83. The number of carbonyl (C=O) groups is 1. The number of carbonyl (C=O) groups excluding carboxylic acids is 1. The average Bonchev–Trinajstić information content (AvgIpc) is 2.78. The summed E-state index contributed by atoms with van der Waals surface area (Å²) in [4.78, 5) is 11.3. The van der Waals surface area contributed by atoms with Gasteiger partial charge in [0.15, 0.2) is 0 Å². The van der Waals surface area contributed by atoms with Crippen LogP contribution in [0.25, 0.3) is 0 Å². The van der Waals surface area contributed by atoms with E-state index in [1.165, 1.54) is 0 Å². The Balaban J connectivity index is 0.000000720. The number of hydrogen-bond donors (Lipinski definition) is 1. The first-order valence-corrected chi connectivity index (χ1v) is 3.99. The van der Waals surface area contributed by atoms with Gasteiger partial charge in [-0.25, -0.2) is 0 Å². The van der Waals surface area contributed by atoms with Crippen molar-refractivity contribution in [2.24, 2.45) is 11.3 Å². The molecule has 1 heterocycles. The first kappa shape index (κ1) is 12.5. The molecule has 1 aliphatic carbocycles. The molecule has 5 heteroatoms. The molecule has 2 rings (SSSR count). The summed E-state index contributed by atoms with van der Waals surface area (Å²) in [6, 6.07) is 2.18. The number of nitrogens with zero attached hydrogens (tertiary/aromatic N) is 1. The van der Waals surface area contributed by atoms with E-state index in [-0.39, 0.29) is 30.7 Å². The second-order valence-corrected chi connectivity index (χ2v) is 3.36. The Morgan fingerprint density at radius 1 is 1.46 bits per heavy atom. The van der Waals surface area contributed by atoms with E-state index >= 15 is 0 Å². The van der Waals surface area contributed by atoms with Crippen molar-refractivity contribution in [3.05, 3.63) is 0 Å². The molecule has 2 fully saturated rings. The van der Waals surface area contributed by atoms with Gasteiger partial charge in [-0.2, -0.15) is 5.26 Å². The summed E-state index contributed by atoms with van der Waals surface area (Å²) >= 11 is 0. The van der Waals surface area contributed by atoms with Gasteiger partial charge in [0.25, 0.3) is 0 Å². The summed E-state index contributed by atoms with van der Waals surface area (Å²) in [7, 11) is 0. The van der Waals surface area contributed by atoms with Crippen LogP contribution in [-0.4, -0.2) is 12.5 Å². The lowest BCUT2D eigenvalue weighted by Crippen LogP contribution is -2.31. The quantitative estimate of drug-likeness (QED) is 0.727. The molecule has 0 aromatic heterocycles. The zero-order valence-corrected chi connectivity index (χ0v) is 8.71. The van der Waals surface area contributed by atoms with Gasteiger partial charge < -0.3 is 5.32 Å². The fraction of sp³-hybridized carbons (Fsp3) is 0.750. The predicted octanol–water partition coefficient (Wildman–Crippen LogP) is 1.27. The summed E-state index contributed by atoms with van der Waals surface area (Å²) in [5.41, 5.74) is -0.639. The molecule has 0 spiro atoms. The van der Waals surface area contributed by atoms with Crippen LogP contribution in [-0.2, 0) is 4.79 Å². The Hall–Kier alpha value is -0.460. The van der Waals surface area contributed by atoms with Crippen molar-refractivity contribution in [1.29, 1.82) is 5.26 Å². The number of hydrogen-bond acceptors (Lipinski definition) is 2. The highest BCUT2D eigenvalue weighted by molar-refractivity contribution is 5.88. The second kappa shape index (κ2) is 4.17. The highest BCUT2D eigenvalue weighted by atomic mass is 35.5. The van der Waals surface area contributed by atoms with Crippen LogP contribution in [0.4, 0.5) is 0 Å².